The third-order valence-corrected chi connectivity index (χ3v) is 7.35. The third kappa shape index (κ3) is 4.40. The Morgan fingerprint density at radius 2 is 1.85 bits per heavy atom. The van der Waals surface area contributed by atoms with Crippen LogP contribution in [0.15, 0.2) is 68.1 Å². The summed E-state index contributed by atoms with van der Waals surface area (Å²) in [6.45, 7) is 0. The number of hydrogen-bond acceptors (Lipinski definition) is 8. The van der Waals surface area contributed by atoms with E-state index in [9.17, 15) is 9.59 Å². The van der Waals surface area contributed by atoms with Crippen molar-refractivity contribution in [3.8, 4) is 0 Å². The quantitative estimate of drug-likeness (QED) is 0.208. The van der Waals surface area contributed by atoms with E-state index in [-0.39, 0.29) is 15.8 Å². The Bertz CT molecular complexity index is 1430. The molecule has 2 aromatic heterocycles. The van der Waals surface area contributed by atoms with Crippen LogP contribution in [-0.4, -0.2) is 26.9 Å². The molecule has 12 heteroatoms. The zero-order chi connectivity index (χ0) is 23.1. The van der Waals surface area contributed by atoms with E-state index >= 15 is 0 Å². The summed E-state index contributed by atoms with van der Waals surface area (Å²) >= 11 is 19.8. The van der Waals surface area contributed by atoms with Gasteiger partial charge in [0.25, 0.3) is 17.0 Å². The Kier molecular flexibility index (Phi) is 5.94. The normalized spacial score (nSPS) is 15.5. The van der Waals surface area contributed by atoms with Crippen LogP contribution in [0.3, 0.4) is 0 Å². The second-order valence-electron chi connectivity index (χ2n) is 6.62. The van der Waals surface area contributed by atoms with Crippen LogP contribution in [0.5, 0.6) is 0 Å². The Morgan fingerprint density at radius 3 is 2.61 bits per heavy atom. The highest BCUT2D eigenvalue weighted by Crippen LogP contribution is 2.37. The molecule has 1 fully saturated rings. The Morgan fingerprint density at radius 1 is 1.09 bits per heavy atom. The molecule has 1 aliphatic rings. The smallest absolute Gasteiger partial charge is 0.270 e. The van der Waals surface area contributed by atoms with Crippen LogP contribution < -0.4 is 10.2 Å². The lowest BCUT2D eigenvalue weighted by atomic mass is 10.1. The maximum absolute atomic E-state index is 13.1. The summed E-state index contributed by atoms with van der Waals surface area (Å²) in [5.41, 5.74) is 1.74. The number of oxazole rings is 1. The lowest BCUT2D eigenvalue weighted by Gasteiger charge is -2.28. The molecule has 0 aliphatic carbocycles. The van der Waals surface area contributed by atoms with Gasteiger partial charge in [0.1, 0.15) is 16.2 Å². The molecule has 1 saturated heterocycles. The van der Waals surface area contributed by atoms with Crippen molar-refractivity contribution in [1.82, 2.24) is 15.3 Å². The lowest BCUT2D eigenvalue weighted by Crippen LogP contribution is -2.54. The monoisotopic (exact) mass is 532 g/mol. The summed E-state index contributed by atoms with van der Waals surface area (Å²) < 4.78 is 6.25. The van der Waals surface area contributed by atoms with Crippen molar-refractivity contribution in [1.29, 1.82) is 0 Å². The maximum atomic E-state index is 13.1. The summed E-state index contributed by atoms with van der Waals surface area (Å²) in [5, 5.41) is 3.58. The fourth-order valence-corrected chi connectivity index (χ4v) is 5.61. The molecule has 33 heavy (non-hydrogen) atoms. The van der Waals surface area contributed by atoms with E-state index in [4.69, 9.17) is 39.8 Å². The number of para-hydroxylation sites is 2. The minimum absolute atomic E-state index is 0.0212. The molecule has 0 saturated carbocycles. The molecule has 0 spiro atoms. The van der Waals surface area contributed by atoms with Crippen molar-refractivity contribution in [3.63, 3.8) is 0 Å². The van der Waals surface area contributed by atoms with Crippen LogP contribution in [0.2, 0.25) is 10.2 Å². The highest BCUT2D eigenvalue weighted by atomic mass is 35.5. The fraction of sp³-hybridized carbons (Fsp3) is 0. The first kappa shape index (κ1) is 22.1. The zero-order valence-corrected chi connectivity index (χ0v) is 20.2. The van der Waals surface area contributed by atoms with Crippen LogP contribution in [0, 0.1) is 0 Å². The molecule has 7 nitrogen and oxygen atoms in total. The van der Waals surface area contributed by atoms with Crippen LogP contribution in [0.4, 0.5) is 5.69 Å². The van der Waals surface area contributed by atoms with Gasteiger partial charge in [-0.25, -0.2) is 9.97 Å². The van der Waals surface area contributed by atoms with Crippen LogP contribution in [-0.2, 0) is 9.59 Å². The second kappa shape index (κ2) is 8.88. The molecule has 5 rings (SSSR count). The standard InChI is InChI=1S/C21H10Cl2N4O3S3/c22-10-5-7-11(8-6-10)27-18(29)12(17(28)26-19(27)31)9-15-16(23)25-21(32-15)33-20-24-13-3-1-2-4-14(13)30-20/h1-9H,(H,26,28,31). The average molecular weight is 533 g/mol. The molecular formula is C21H10Cl2N4O3S3. The van der Waals surface area contributed by atoms with Gasteiger partial charge >= 0.3 is 0 Å². The van der Waals surface area contributed by atoms with Crippen molar-refractivity contribution in [2.24, 2.45) is 0 Å². The van der Waals surface area contributed by atoms with Gasteiger partial charge in [-0.05, 0) is 54.7 Å². The molecule has 0 unspecified atom stereocenters. The molecule has 3 heterocycles. The van der Waals surface area contributed by atoms with Gasteiger partial charge in [0, 0.05) is 16.8 Å². The number of benzene rings is 2. The van der Waals surface area contributed by atoms with E-state index in [1.807, 2.05) is 24.3 Å². The van der Waals surface area contributed by atoms with E-state index in [0.29, 0.717) is 30.7 Å². The maximum Gasteiger partial charge on any atom is 0.270 e. The van der Waals surface area contributed by atoms with Crippen molar-refractivity contribution < 1.29 is 14.0 Å². The van der Waals surface area contributed by atoms with E-state index in [1.165, 1.54) is 34.1 Å². The van der Waals surface area contributed by atoms with Crippen LogP contribution in [0.25, 0.3) is 17.2 Å². The van der Waals surface area contributed by atoms with Gasteiger partial charge in [0.15, 0.2) is 15.0 Å². The Hall–Kier alpha value is -2.76. The number of fused-ring (bicyclic) bond motifs is 1. The molecule has 164 valence electrons. The first-order valence-electron chi connectivity index (χ1n) is 9.26. The van der Waals surface area contributed by atoms with Gasteiger partial charge in [-0.1, -0.05) is 35.3 Å². The van der Waals surface area contributed by atoms with Gasteiger partial charge in [0.05, 0.1) is 10.6 Å². The van der Waals surface area contributed by atoms with Crippen molar-refractivity contribution in [2.75, 3.05) is 4.90 Å². The minimum atomic E-state index is -0.618. The molecule has 2 amide bonds. The number of halogens is 2. The van der Waals surface area contributed by atoms with Crippen molar-refractivity contribution in [2.45, 2.75) is 9.56 Å². The van der Waals surface area contributed by atoms with E-state index in [0.717, 1.165) is 5.52 Å². The summed E-state index contributed by atoms with van der Waals surface area (Å²) in [5.74, 6) is -1.20. The first-order valence-corrected chi connectivity index (χ1v) is 12.1. The van der Waals surface area contributed by atoms with Crippen molar-refractivity contribution >= 4 is 98.3 Å². The number of thiocarbonyl (C=S) groups is 1. The lowest BCUT2D eigenvalue weighted by molar-refractivity contribution is -0.122. The summed E-state index contributed by atoms with van der Waals surface area (Å²) in [6, 6.07) is 13.9. The second-order valence-corrected chi connectivity index (χ2v) is 10.0. The number of thiazole rings is 1. The molecule has 2 aromatic carbocycles. The summed E-state index contributed by atoms with van der Waals surface area (Å²) in [7, 11) is 0. The number of amides is 2. The molecular weight excluding hydrogens is 523 g/mol. The van der Waals surface area contributed by atoms with Gasteiger partial charge in [0.2, 0.25) is 0 Å². The van der Waals surface area contributed by atoms with E-state index in [2.05, 4.69) is 15.3 Å². The number of aromatic nitrogens is 2. The zero-order valence-electron chi connectivity index (χ0n) is 16.2. The van der Waals surface area contributed by atoms with E-state index in [1.54, 1.807) is 24.3 Å². The minimum Gasteiger partial charge on any atom is -0.431 e. The Balaban J connectivity index is 1.44. The predicted octanol–water partition coefficient (Wildman–Crippen LogP) is 5.57. The number of rotatable bonds is 4. The van der Waals surface area contributed by atoms with Gasteiger partial charge in [-0.15, -0.1) is 11.3 Å². The number of carbonyl (C=O) groups is 2. The molecule has 1 N–H and O–H groups in total. The summed E-state index contributed by atoms with van der Waals surface area (Å²) in [6.07, 6.45) is 1.40. The average Bonchev–Trinajstić information content (AvgIpc) is 3.34. The molecule has 0 atom stereocenters. The molecule has 4 aromatic rings. The Labute approximate surface area is 210 Å². The van der Waals surface area contributed by atoms with Crippen LogP contribution in [0.1, 0.15) is 4.88 Å². The fourth-order valence-electron chi connectivity index (χ4n) is 3.01. The van der Waals surface area contributed by atoms with Crippen molar-refractivity contribution in [3.05, 3.63) is 69.2 Å². The van der Waals surface area contributed by atoms with Gasteiger partial charge in [-0.3, -0.25) is 19.8 Å². The highest BCUT2D eigenvalue weighted by molar-refractivity contribution is 8.00. The first-order chi connectivity index (χ1) is 15.9. The largest absolute Gasteiger partial charge is 0.431 e. The number of hydrogen-bond donors (Lipinski definition) is 1. The number of anilines is 1. The van der Waals surface area contributed by atoms with Crippen LogP contribution >= 0.6 is 58.5 Å². The predicted molar refractivity (Wildman–Crippen MR) is 133 cm³/mol. The number of carbonyl (C=O) groups excluding carboxylic acids is 2. The number of nitrogens with one attached hydrogen (secondary N) is 1. The van der Waals surface area contributed by atoms with Gasteiger partial charge < -0.3 is 4.42 Å². The molecule has 0 radical (unpaired) electrons. The number of nitrogens with zero attached hydrogens (tertiary/aromatic N) is 3. The summed E-state index contributed by atoms with van der Waals surface area (Å²) in [4.78, 5) is 36.0. The van der Waals surface area contributed by atoms with Gasteiger partial charge in [-0.2, -0.15) is 0 Å². The molecule has 0 bridgehead atoms. The topological polar surface area (TPSA) is 88.3 Å². The third-order valence-electron chi connectivity index (χ3n) is 4.50. The highest BCUT2D eigenvalue weighted by Gasteiger charge is 2.35. The van der Waals surface area contributed by atoms with E-state index < -0.39 is 11.8 Å². The SMILES string of the molecule is O=C1NC(=S)N(c2ccc(Cl)cc2)C(=O)C1=Cc1sc(Sc2nc3ccccc3o2)nc1Cl. The molecule has 1 aliphatic heterocycles.